The van der Waals surface area contributed by atoms with Gasteiger partial charge in [0.1, 0.15) is 17.1 Å². The molecule has 2 aromatic carbocycles. The summed E-state index contributed by atoms with van der Waals surface area (Å²) in [7, 11) is 10.3. The number of nitrogens with one attached hydrogen (secondary N) is 1. The number of allylic oxidation sites excluding steroid dienone is 1. The molecule has 4 atom stereocenters. The van der Waals surface area contributed by atoms with Crippen LogP contribution in [0, 0.1) is 11.8 Å². The summed E-state index contributed by atoms with van der Waals surface area (Å²) in [6, 6.07) is 7.25. The summed E-state index contributed by atoms with van der Waals surface area (Å²) >= 11 is 0. The highest BCUT2D eigenvalue weighted by molar-refractivity contribution is 6.25. The van der Waals surface area contributed by atoms with E-state index in [1.165, 1.54) is 4.90 Å². The predicted molar refractivity (Wildman–Crippen MR) is 174 cm³/mol. The number of hydrogen-bond donors (Lipinski definition) is 6. The van der Waals surface area contributed by atoms with Crippen molar-refractivity contribution in [3.05, 3.63) is 69.7 Å². The number of phenols is 1. The van der Waals surface area contributed by atoms with Crippen LogP contribution in [0.3, 0.4) is 0 Å². The number of aromatic hydroxyl groups is 1. The number of aliphatic hydroxyl groups is 3. The Balaban J connectivity index is 0.00000480. The predicted octanol–water partition coefficient (Wildman–Crippen LogP) is 1.93. The summed E-state index contributed by atoms with van der Waals surface area (Å²) in [6.45, 7) is 0. The number of nitrogens with zero attached hydrogens (tertiary/aromatic N) is 3. The van der Waals surface area contributed by atoms with Crippen LogP contribution in [0.2, 0.25) is 0 Å². The molecule has 3 aliphatic rings. The van der Waals surface area contributed by atoms with Gasteiger partial charge in [-0.15, -0.1) is 12.4 Å². The average molecular weight is 656 g/mol. The van der Waals surface area contributed by atoms with Crippen LogP contribution in [-0.4, -0.2) is 103 Å². The number of likely N-dealkylation sites (N-methyl/N-ethyl adjacent to an activating group) is 1. The van der Waals surface area contributed by atoms with Gasteiger partial charge in [-0.3, -0.25) is 24.1 Å². The van der Waals surface area contributed by atoms with E-state index in [1.807, 2.05) is 19.0 Å². The normalized spacial score (nSPS) is 23.7. The van der Waals surface area contributed by atoms with Crippen LogP contribution >= 0.6 is 12.4 Å². The highest BCUT2D eigenvalue weighted by Crippen LogP contribution is 2.54. The third-order valence-corrected chi connectivity index (χ3v) is 9.07. The number of nitrogens with two attached hydrogens (primary N) is 1. The van der Waals surface area contributed by atoms with Gasteiger partial charge in [0.25, 0.3) is 11.8 Å². The van der Waals surface area contributed by atoms with Crippen molar-refractivity contribution in [1.29, 1.82) is 0 Å². The number of rotatable bonds is 6. The quantitative estimate of drug-likeness (QED) is 0.196. The fourth-order valence-electron chi connectivity index (χ4n) is 6.90. The van der Waals surface area contributed by atoms with Crippen molar-refractivity contribution in [2.24, 2.45) is 17.6 Å². The Morgan fingerprint density at radius 3 is 2.11 bits per heavy atom. The average Bonchev–Trinajstić information content (AvgIpc) is 2.95. The van der Waals surface area contributed by atoms with Crippen LogP contribution in [-0.2, 0) is 16.0 Å². The van der Waals surface area contributed by atoms with Crippen LogP contribution in [0.1, 0.15) is 32.7 Å². The van der Waals surface area contributed by atoms with E-state index in [0.29, 0.717) is 16.8 Å². The van der Waals surface area contributed by atoms with Crippen LogP contribution < -0.4 is 20.9 Å². The summed E-state index contributed by atoms with van der Waals surface area (Å²) in [6.07, 6.45) is 0.0939. The Labute approximate surface area is 272 Å². The summed E-state index contributed by atoms with van der Waals surface area (Å²) in [5, 5.41) is 48.4. The number of ketones is 2. The Bertz CT molecular complexity index is 1720. The lowest BCUT2D eigenvalue weighted by Gasteiger charge is -2.50. The number of carbonyl (C=O) groups excluding carboxylic acids is 4. The molecule has 0 saturated carbocycles. The van der Waals surface area contributed by atoms with Gasteiger partial charge >= 0.3 is 0 Å². The fraction of sp³-hybridized carbons (Fsp3) is 0.375. The van der Waals surface area contributed by atoms with Gasteiger partial charge in [-0.2, -0.15) is 0 Å². The van der Waals surface area contributed by atoms with E-state index in [1.54, 1.807) is 63.4 Å². The van der Waals surface area contributed by atoms with Crippen molar-refractivity contribution in [3.8, 4) is 5.75 Å². The number of halogens is 1. The number of hydrogen-bond acceptors (Lipinski definition) is 11. The van der Waals surface area contributed by atoms with Gasteiger partial charge in [-0.25, -0.2) is 0 Å². The maximum atomic E-state index is 14.2. The molecule has 14 heteroatoms. The molecule has 2 aromatic rings. The fourth-order valence-corrected chi connectivity index (χ4v) is 6.90. The first-order chi connectivity index (χ1) is 21.0. The third-order valence-electron chi connectivity index (χ3n) is 9.07. The zero-order valence-corrected chi connectivity index (χ0v) is 27.1. The maximum Gasteiger partial charge on any atom is 0.255 e. The molecule has 0 heterocycles. The van der Waals surface area contributed by atoms with Crippen molar-refractivity contribution in [2.45, 2.75) is 24.5 Å². The molecule has 0 aromatic heterocycles. The molecule has 0 saturated heterocycles. The van der Waals surface area contributed by atoms with Crippen molar-refractivity contribution >= 4 is 52.9 Å². The minimum Gasteiger partial charge on any atom is -0.510 e. The second-order valence-corrected chi connectivity index (χ2v) is 12.4. The molecule has 3 aliphatic carbocycles. The van der Waals surface area contributed by atoms with E-state index < -0.39 is 69.7 Å². The van der Waals surface area contributed by atoms with Crippen LogP contribution in [0.4, 0.5) is 17.1 Å². The van der Waals surface area contributed by atoms with Gasteiger partial charge in [0.05, 0.1) is 17.3 Å². The first-order valence-corrected chi connectivity index (χ1v) is 14.3. The SMILES string of the molecule is CN(C)c1ccc(C(=O)Nc2cc(N(C)C)c3c(c2O)C(=O)C2=C(O)[C@]4(O)C(=O)C(C(N)=O)=C(O)[C@@H](N(C)C)C4CC2C3)cc1.Cl. The van der Waals surface area contributed by atoms with Gasteiger partial charge in [-0.1, -0.05) is 0 Å². The first-order valence-electron chi connectivity index (χ1n) is 14.3. The number of benzene rings is 2. The van der Waals surface area contributed by atoms with Crippen LogP contribution in [0.5, 0.6) is 5.75 Å². The van der Waals surface area contributed by atoms with Crippen molar-refractivity contribution in [2.75, 3.05) is 57.4 Å². The minimum absolute atomic E-state index is 0. The Hall–Kier alpha value is -4.59. The molecular formula is C32H38ClN5O8. The van der Waals surface area contributed by atoms with Gasteiger partial charge in [0, 0.05) is 56.6 Å². The van der Waals surface area contributed by atoms with E-state index in [4.69, 9.17) is 5.73 Å². The van der Waals surface area contributed by atoms with E-state index in [-0.39, 0.29) is 42.1 Å². The molecule has 5 rings (SSSR count). The molecule has 0 aliphatic heterocycles. The Morgan fingerprint density at radius 2 is 1.59 bits per heavy atom. The number of fused-ring (bicyclic) bond motifs is 3. The van der Waals surface area contributed by atoms with Crippen LogP contribution in [0.25, 0.3) is 0 Å². The lowest BCUT2D eigenvalue weighted by atomic mass is 9.58. The topological polar surface area (TPSA) is 197 Å². The molecular weight excluding hydrogens is 618 g/mol. The lowest BCUT2D eigenvalue weighted by molar-refractivity contribution is -0.148. The van der Waals surface area contributed by atoms with E-state index in [9.17, 15) is 39.6 Å². The summed E-state index contributed by atoms with van der Waals surface area (Å²) in [5.74, 6) is -7.94. The molecule has 0 bridgehead atoms. The Morgan fingerprint density at radius 1 is 0.978 bits per heavy atom. The smallest absolute Gasteiger partial charge is 0.255 e. The number of Topliss-reactive ketones (excluding diaryl/α,β-unsaturated/α-hetero) is 2. The zero-order chi connectivity index (χ0) is 33.3. The molecule has 46 heavy (non-hydrogen) atoms. The minimum atomic E-state index is -2.74. The third kappa shape index (κ3) is 5.04. The lowest BCUT2D eigenvalue weighted by Crippen LogP contribution is -2.63. The van der Waals surface area contributed by atoms with Crippen molar-refractivity contribution < 1.29 is 39.6 Å². The number of carbonyl (C=O) groups is 4. The molecule has 2 unspecified atom stereocenters. The van der Waals surface area contributed by atoms with Crippen LogP contribution in [0.15, 0.2) is 53.0 Å². The van der Waals surface area contributed by atoms with E-state index in [2.05, 4.69) is 5.32 Å². The van der Waals surface area contributed by atoms with Gasteiger partial charge < -0.3 is 41.3 Å². The van der Waals surface area contributed by atoms with Crippen molar-refractivity contribution in [3.63, 3.8) is 0 Å². The zero-order valence-electron chi connectivity index (χ0n) is 26.3. The van der Waals surface area contributed by atoms with Gasteiger partial charge in [-0.05, 0) is 68.8 Å². The number of anilines is 3. The number of primary amides is 1. The van der Waals surface area contributed by atoms with E-state index in [0.717, 1.165) is 5.69 Å². The number of phenolic OH excluding ortho intramolecular Hbond substituents is 1. The molecule has 246 valence electrons. The van der Waals surface area contributed by atoms with E-state index >= 15 is 0 Å². The van der Waals surface area contributed by atoms with Gasteiger partial charge in [0.2, 0.25) is 5.78 Å². The first kappa shape index (κ1) is 34.3. The number of amides is 2. The Kier molecular flexibility index (Phi) is 8.92. The summed E-state index contributed by atoms with van der Waals surface area (Å²) in [5.41, 5.74) is 3.42. The molecule has 0 radical (unpaired) electrons. The standard InChI is InChI=1S/C32H37N5O8.ClH/c1-35(2)16-9-7-14(8-10-16)31(44)34-19-13-20(36(3)4)17-11-15-12-18-24(37(5)6)27(40)23(30(33)43)29(42)32(18,45)28(41)21(15)26(39)22(17)25(19)38;/h7-10,13,15,18,24,38,40-41,45H,11-12H2,1-6H3,(H2,33,43)(H,34,44);1H/t15?,18?,24-,32-;/m0./s1. The monoisotopic (exact) mass is 655 g/mol. The maximum absolute atomic E-state index is 14.2. The number of aliphatic hydroxyl groups excluding tert-OH is 2. The molecule has 7 N–H and O–H groups in total. The molecule has 13 nitrogen and oxygen atoms in total. The second-order valence-electron chi connectivity index (χ2n) is 12.4. The van der Waals surface area contributed by atoms with Crippen molar-refractivity contribution in [1.82, 2.24) is 4.90 Å². The molecule has 2 amide bonds. The summed E-state index contributed by atoms with van der Waals surface area (Å²) < 4.78 is 0. The second kappa shape index (κ2) is 12.0. The largest absolute Gasteiger partial charge is 0.510 e. The molecule has 0 fully saturated rings. The highest BCUT2D eigenvalue weighted by Gasteiger charge is 2.63. The summed E-state index contributed by atoms with van der Waals surface area (Å²) in [4.78, 5) is 58.2. The molecule has 0 spiro atoms. The van der Waals surface area contributed by atoms with Gasteiger partial charge in [0.15, 0.2) is 17.1 Å². The highest BCUT2D eigenvalue weighted by atomic mass is 35.5.